The summed E-state index contributed by atoms with van der Waals surface area (Å²) >= 11 is 0. The molecule has 0 amide bonds. The quantitative estimate of drug-likeness (QED) is 0.896. The third-order valence-corrected chi connectivity index (χ3v) is 2.06. The lowest BCUT2D eigenvalue weighted by Gasteiger charge is -2.20. The topological polar surface area (TPSA) is 38.7 Å². The molecule has 0 radical (unpaired) electrons. The molecule has 96 valence electrons. The minimum atomic E-state index is -4.77. The van der Waals surface area contributed by atoms with Gasteiger partial charge in [-0.15, -0.1) is 13.2 Å². The number of aliphatic hydroxyl groups is 1. The van der Waals surface area contributed by atoms with E-state index in [1.54, 1.807) is 0 Å². The Hall–Kier alpha value is -1.43. The molecule has 1 rings (SSSR count). The van der Waals surface area contributed by atoms with Crippen molar-refractivity contribution in [2.24, 2.45) is 0 Å². The Balaban J connectivity index is 3.15. The summed E-state index contributed by atoms with van der Waals surface area (Å²) in [5, 5.41) is 9.74. The molecule has 0 aliphatic carbocycles. The Morgan fingerprint density at radius 3 is 2.00 bits per heavy atom. The van der Waals surface area contributed by atoms with Gasteiger partial charge in [0, 0.05) is 6.07 Å². The van der Waals surface area contributed by atoms with Gasteiger partial charge in [0.2, 0.25) is 0 Å². The Labute approximate surface area is 96.8 Å². The molecule has 1 aromatic carbocycles. The first-order chi connectivity index (χ1) is 7.62. The van der Waals surface area contributed by atoms with Gasteiger partial charge in [-0.05, 0) is 31.5 Å². The zero-order valence-corrected chi connectivity index (χ0v) is 9.63. The first-order valence-electron chi connectivity index (χ1n) is 4.79. The molecule has 0 unspecified atom stereocenters. The van der Waals surface area contributed by atoms with Gasteiger partial charge in [-0.3, -0.25) is 0 Å². The van der Waals surface area contributed by atoms with Crippen molar-refractivity contribution >= 4 is 0 Å². The zero-order valence-electron chi connectivity index (χ0n) is 9.63. The summed E-state index contributed by atoms with van der Waals surface area (Å²) in [6, 6.07) is 3.67. The molecule has 0 heterocycles. The normalized spacial score (nSPS) is 12.4. The standard InChI is InChI=1S/C11H13F3O3/c1-10(2,15)7-4-8(16-3)6-9(5-7)17-11(12,13)14/h4-6,15H,1-3H3. The van der Waals surface area contributed by atoms with Crippen molar-refractivity contribution < 1.29 is 27.8 Å². The van der Waals surface area contributed by atoms with Crippen LogP contribution in [-0.4, -0.2) is 18.6 Å². The summed E-state index contributed by atoms with van der Waals surface area (Å²) < 4.78 is 44.9. The van der Waals surface area contributed by atoms with Gasteiger partial charge in [-0.2, -0.15) is 0 Å². The van der Waals surface area contributed by atoms with Crippen molar-refractivity contribution in [3.05, 3.63) is 23.8 Å². The molecule has 6 heteroatoms. The maximum atomic E-state index is 12.1. The molecular weight excluding hydrogens is 237 g/mol. The molecule has 17 heavy (non-hydrogen) atoms. The van der Waals surface area contributed by atoms with Crippen LogP contribution in [0.15, 0.2) is 18.2 Å². The molecule has 0 spiro atoms. The molecule has 0 atom stereocenters. The second-order valence-corrected chi connectivity index (χ2v) is 4.00. The molecule has 0 aromatic heterocycles. The molecular formula is C11H13F3O3. The minimum Gasteiger partial charge on any atom is -0.497 e. The van der Waals surface area contributed by atoms with Crippen LogP contribution >= 0.6 is 0 Å². The number of alkyl halides is 3. The van der Waals surface area contributed by atoms with E-state index in [1.807, 2.05) is 0 Å². The van der Waals surface area contributed by atoms with E-state index in [0.717, 1.165) is 12.1 Å². The van der Waals surface area contributed by atoms with Gasteiger partial charge in [0.05, 0.1) is 12.7 Å². The second-order valence-electron chi connectivity index (χ2n) is 4.00. The largest absolute Gasteiger partial charge is 0.573 e. The number of hydrogen-bond donors (Lipinski definition) is 1. The van der Waals surface area contributed by atoms with E-state index in [9.17, 15) is 18.3 Å². The third kappa shape index (κ3) is 4.14. The number of halogens is 3. The average Bonchev–Trinajstić information content (AvgIpc) is 2.13. The molecule has 1 aromatic rings. The van der Waals surface area contributed by atoms with E-state index in [-0.39, 0.29) is 11.3 Å². The van der Waals surface area contributed by atoms with E-state index in [0.29, 0.717) is 0 Å². The molecule has 0 aliphatic heterocycles. The highest BCUT2D eigenvalue weighted by atomic mass is 19.4. The van der Waals surface area contributed by atoms with Gasteiger partial charge in [-0.25, -0.2) is 0 Å². The van der Waals surface area contributed by atoms with E-state index < -0.39 is 17.7 Å². The van der Waals surface area contributed by atoms with E-state index >= 15 is 0 Å². The van der Waals surface area contributed by atoms with Crippen molar-refractivity contribution in [1.29, 1.82) is 0 Å². The Morgan fingerprint density at radius 1 is 1.06 bits per heavy atom. The molecule has 0 fully saturated rings. The average molecular weight is 250 g/mol. The third-order valence-electron chi connectivity index (χ3n) is 2.06. The Kier molecular flexibility index (Phi) is 3.56. The maximum absolute atomic E-state index is 12.1. The van der Waals surface area contributed by atoms with Crippen LogP contribution in [0.3, 0.4) is 0 Å². The highest BCUT2D eigenvalue weighted by Crippen LogP contribution is 2.32. The SMILES string of the molecule is COc1cc(OC(F)(F)F)cc(C(C)(C)O)c1. The highest BCUT2D eigenvalue weighted by molar-refractivity contribution is 5.40. The molecule has 1 N–H and O–H groups in total. The summed E-state index contributed by atoms with van der Waals surface area (Å²) in [7, 11) is 1.32. The summed E-state index contributed by atoms with van der Waals surface area (Å²) in [5.74, 6) is -0.238. The molecule has 3 nitrogen and oxygen atoms in total. The fourth-order valence-electron chi connectivity index (χ4n) is 1.24. The fraction of sp³-hybridized carbons (Fsp3) is 0.455. The number of hydrogen-bond acceptors (Lipinski definition) is 3. The lowest BCUT2D eigenvalue weighted by Crippen LogP contribution is -2.19. The van der Waals surface area contributed by atoms with Crippen molar-refractivity contribution in [3.8, 4) is 11.5 Å². The van der Waals surface area contributed by atoms with Crippen LogP contribution in [0.1, 0.15) is 19.4 Å². The summed E-state index contributed by atoms with van der Waals surface area (Å²) in [4.78, 5) is 0. The van der Waals surface area contributed by atoms with Gasteiger partial charge in [0.15, 0.2) is 0 Å². The van der Waals surface area contributed by atoms with Crippen LogP contribution < -0.4 is 9.47 Å². The zero-order chi connectivity index (χ0) is 13.3. The predicted octanol–water partition coefficient (Wildman–Crippen LogP) is 2.82. The van der Waals surface area contributed by atoms with Gasteiger partial charge in [0.1, 0.15) is 11.5 Å². The first kappa shape index (κ1) is 13.6. The van der Waals surface area contributed by atoms with Crippen LogP contribution in [0, 0.1) is 0 Å². The van der Waals surface area contributed by atoms with Crippen LogP contribution in [0.2, 0.25) is 0 Å². The fourth-order valence-corrected chi connectivity index (χ4v) is 1.24. The van der Waals surface area contributed by atoms with Crippen LogP contribution in [0.4, 0.5) is 13.2 Å². The lowest BCUT2D eigenvalue weighted by molar-refractivity contribution is -0.274. The smallest absolute Gasteiger partial charge is 0.497 e. The lowest BCUT2D eigenvalue weighted by atomic mass is 9.98. The molecule has 0 saturated carbocycles. The van der Waals surface area contributed by atoms with Gasteiger partial charge >= 0.3 is 6.36 Å². The number of methoxy groups -OCH3 is 1. The van der Waals surface area contributed by atoms with Gasteiger partial charge < -0.3 is 14.6 Å². The van der Waals surface area contributed by atoms with Gasteiger partial charge in [-0.1, -0.05) is 0 Å². The van der Waals surface area contributed by atoms with Crippen molar-refractivity contribution in [2.45, 2.75) is 25.8 Å². The van der Waals surface area contributed by atoms with E-state index in [1.165, 1.54) is 27.0 Å². The van der Waals surface area contributed by atoms with Crippen LogP contribution in [0.5, 0.6) is 11.5 Å². The monoisotopic (exact) mass is 250 g/mol. The molecule has 0 saturated heterocycles. The highest BCUT2D eigenvalue weighted by Gasteiger charge is 2.32. The maximum Gasteiger partial charge on any atom is 0.573 e. The van der Waals surface area contributed by atoms with Crippen molar-refractivity contribution in [3.63, 3.8) is 0 Å². The summed E-state index contributed by atoms with van der Waals surface area (Å²) in [5.41, 5.74) is -1.01. The van der Waals surface area contributed by atoms with Crippen molar-refractivity contribution in [2.75, 3.05) is 7.11 Å². The summed E-state index contributed by atoms with van der Waals surface area (Å²) in [6.45, 7) is 2.91. The molecule has 0 aliphatic rings. The molecule has 0 bridgehead atoms. The van der Waals surface area contributed by atoms with Crippen molar-refractivity contribution in [1.82, 2.24) is 0 Å². The number of benzene rings is 1. The van der Waals surface area contributed by atoms with E-state index in [2.05, 4.69) is 4.74 Å². The number of ether oxygens (including phenoxy) is 2. The second kappa shape index (κ2) is 4.44. The minimum absolute atomic E-state index is 0.184. The predicted molar refractivity (Wildman–Crippen MR) is 54.9 cm³/mol. The number of rotatable bonds is 3. The van der Waals surface area contributed by atoms with Crippen LogP contribution in [0.25, 0.3) is 0 Å². The Morgan fingerprint density at radius 2 is 1.59 bits per heavy atom. The first-order valence-corrected chi connectivity index (χ1v) is 4.79. The van der Waals surface area contributed by atoms with Gasteiger partial charge in [0.25, 0.3) is 0 Å². The summed E-state index contributed by atoms with van der Waals surface area (Å²) in [6.07, 6.45) is -4.77. The Bertz CT molecular complexity index is 394. The van der Waals surface area contributed by atoms with E-state index in [4.69, 9.17) is 4.74 Å². The van der Waals surface area contributed by atoms with Crippen LogP contribution in [-0.2, 0) is 5.60 Å².